The number of ketones is 1. The van der Waals surface area contributed by atoms with Crippen LogP contribution in [0.1, 0.15) is 42.5 Å². The summed E-state index contributed by atoms with van der Waals surface area (Å²) in [5.41, 5.74) is 2.73. The molecule has 0 unspecified atom stereocenters. The highest BCUT2D eigenvalue weighted by atomic mass is 16.1. The SMILES string of the molecule is O=C(CCCC(=O)c1ccccc1)Nc1ccc(N2CCCC2)cc1. The van der Waals surface area contributed by atoms with E-state index in [0.717, 1.165) is 18.8 Å². The Morgan fingerprint density at radius 2 is 1.56 bits per heavy atom. The first-order valence-electron chi connectivity index (χ1n) is 8.95. The minimum absolute atomic E-state index is 0.0465. The van der Waals surface area contributed by atoms with E-state index in [1.807, 2.05) is 42.5 Å². The Hall–Kier alpha value is -2.62. The summed E-state index contributed by atoms with van der Waals surface area (Å²) in [6.07, 6.45) is 3.81. The van der Waals surface area contributed by atoms with Crippen LogP contribution in [0.4, 0.5) is 11.4 Å². The van der Waals surface area contributed by atoms with Crippen LogP contribution in [0, 0.1) is 0 Å². The van der Waals surface area contributed by atoms with Crippen LogP contribution < -0.4 is 10.2 Å². The average molecular weight is 336 g/mol. The molecule has 0 atom stereocenters. The molecule has 4 heteroatoms. The molecule has 0 saturated carbocycles. The Balaban J connectivity index is 1.42. The van der Waals surface area contributed by atoms with Crippen molar-refractivity contribution in [1.82, 2.24) is 0 Å². The summed E-state index contributed by atoms with van der Waals surface area (Å²) in [7, 11) is 0. The second kappa shape index (κ2) is 8.47. The first kappa shape index (κ1) is 17.2. The molecule has 1 aliphatic heterocycles. The number of rotatable bonds is 7. The van der Waals surface area contributed by atoms with Crippen molar-refractivity contribution in [2.75, 3.05) is 23.3 Å². The van der Waals surface area contributed by atoms with Crippen molar-refractivity contribution in [3.63, 3.8) is 0 Å². The third kappa shape index (κ3) is 4.92. The maximum atomic E-state index is 12.0. The molecule has 1 N–H and O–H groups in total. The third-order valence-corrected chi connectivity index (χ3v) is 4.53. The van der Waals surface area contributed by atoms with Gasteiger partial charge in [-0.1, -0.05) is 30.3 Å². The van der Waals surface area contributed by atoms with E-state index >= 15 is 0 Å². The fourth-order valence-electron chi connectivity index (χ4n) is 3.13. The van der Waals surface area contributed by atoms with Crippen LogP contribution in [0.5, 0.6) is 0 Å². The van der Waals surface area contributed by atoms with Gasteiger partial charge in [0.15, 0.2) is 5.78 Å². The molecule has 0 spiro atoms. The van der Waals surface area contributed by atoms with E-state index in [1.165, 1.54) is 18.5 Å². The van der Waals surface area contributed by atoms with Crippen molar-refractivity contribution < 1.29 is 9.59 Å². The van der Waals surface area contributed by atoms with Crippen molar-refractivity contribution >= 4 is 23.1 Å². The molecular weight excluding hydrogens is 312 g/mol. The number of nitrogens with one attached hydrogen (secondary N) is 1. The minimum atomic E-state index is -0.0465. The lowest BCUT2D eigenvalue weighted by Gasteiger charge is -2.17. The van der Waals surface area contributed by atoms with Gasteiger partial charge in [-0.2, -0.15) is 0 Å². The van der Waals surface area contributed by atoms with E-state index in [1.54, 1.807) is 0 Å². The summed E-state index contributed by atoms with van der Waals surface area (Å²) < 4.78 is 0. The van der Waals surface area contributed by atoms with E-state index in [4.69, 9.17) is 0 Å². The smallest absolute Gasteiger partial charge is 0.224 e. The molecule has 25 heavy (non-hydrogen) atoms. The molecule has 4 nitrogen and oxygen atoms in total. The highest BCUT2D eigenvalue weighted by Gasteiger charge is 2.12. The summed E-state index contributed by atoms with van der Waals surface area (Å²) in [6.45, 7) is 2.22. The Kier molecular flexibility index (Phi) is 5.83. The highest BCUT2D eigenvalue weighted by molar-refractivity contribution is 5.96. The molecule has 1 saturated heterocycles. The van der Waals surface area contributed by atoms with E-state index < -0.39 is 0 Å². The van der Waals surface area contributed by atoms with E-state index in [-0.39, 0.29) is 11.7 Å². The number of carbonyl (C=O) groups excluding carboxylic acids is 2. The molecule has 2 aromatic rings. The fourth-order valence-corrected chi connectivity index (χ4v) is 3.13. The molecule has 0 bridgehead atoms. The number of hydrogen-bond donors (Lipinski definition) is 1. The molecule has 0 radical (unpaired) electrons. The molecule has 1 aliphatic rings. The van der Waals surface area contributed by atoms with E-state index in [0.29, 0.717) is 24.8 Å². The number of nitrogens with zero attached hydrogens (tertiary/aromatic N) is 1. The zero-order chi connectivity index (χ0) is 17.5. The van der Waals surface area contributed by atoms with Crippen LogP contribution in [0.3, 0.4) is 0 Å². The lowest BCUT2D eigenvalue weighted by Crippen LogP contribution is -2.17. The van der Waals surface area contributed by atoms with Crippen molar-refractivity contribution in [1.29, 1.82) is 0 Å². The fraction of sp³-hybridized carbons (Fsp3) is 0.333. The Morgan fingerprint density at radius 1 is 0.880 bits per heavy atom. The predicted octanol–water partition coefficient (Wildman–Crippen LogP) is 4.28. The lowest BCUT2D eigenvalue weighted by atomic mass is 10.1. The van der Waals surface area contributed by atoms with Gasteiger partial charge in [-0.25, -0.2) is 0 Å². The maximum absolute atomic E-state index is 12.0. The van der Waals surface area contributed by atoms with Gasteiger partial charge in [0.1, 0.15) is 0 Å². The zero-order valence-corrected chi connectivity index (χ0v) is 14.4. The number of hydrogen-bond acceptors (Lipinski definition) is 3. The van der Waals surface area contributed by atoms with Gasteiger partial charge in [0.2, 0.25) is 5.91 Å². The summed E-state index contributed by atoms with van der Waals surface area (Å²) in [4.78, 5) is 26.4. The molecular formula is C21H24N2O2. The average Bonchev–Trinajstić information content (AvgIpc) is 3.18. The summed E-state index contributed by atoms with van der Waals surface area (Å²) in [5.74, 6) is 0.0400. The van der Waals surface area contributed by atoms with Gasteiger partial charge in [0, 0.05) is 42.9 Å². The highest BCUT2D eigenvalue weighted by Crippen LogP contribution is 2.22. The van der Waals surface area contributed by atoms with E-state index in [2.05, 4.69) is 22.3 Å². The van der Waals surface area contributed by atoms with Crippen molar-refractivity contribution in [3.05, 3.63) is 60.2 Å². The molecule has 3 rings (SSSR count). The molecule has 1 heterocycles. The van der Waals surface area contributed by atoms with Crippen LogP contribution in [0.25, 0.3) is 0 Å². The molecule has 1 amide bonds. The van der Waals surface area contributed by atoms with Gasteiger partial charge < -0.3 is 10.2 Å². The standard InChI is InChI=1S/C21H24N2O2/c24-20(17-7-2-1-3-8-17)9-6-10-21(25)22-18-11-13-19(14-12-18)23-15-4-5-16-23/h1-3,7-8,11-14H,4-6,9-10,15-16H2,(H,22,25). The number of anilines is 2. The van der Waals surface area contributed by atoms with Gasteiger partial charge in [0.05, 0.1) is 0 Å². The summed E-state index contributed by atoms with van der Waals surface area (Å²) in [6, 6.07) is 17.2. The van der Waals surface area contributed by atoms with Crippen molar-refractivity contribution in [2.45, 2.75) is 32.1 Å². The van der Waals surface area contributed by atoms with Crippen LogP contribution >= 0.6 is 0 Å². The Bertz CT molecular complexity index is 704. The number of amides is 1. The van der Waals surface area contributed by atoms with Crippen LogP contribution in [-0.4, -0.2) is 24.8 Å². The largest absolute Gasteiger partial charge is 0.372 e. The van der Waals surface area contributed by atoms with Gasteiger partial charge in [-0.15, -0.1) is 0 Å². The normalized spacial score (nSPS) is 13.7. The summed E-state index contributed by atoms with van der Waals surface area (Å²) in [5, 5.41) is 2.90. The maximum Gasteiger partial charge on any atom is 0.224 e. The van der Waals surface area contributed by atoms with Crippen LogP contribution in [-0.2, 0) is 4.79 Å². The number of benzene rings is 2. The quantitative estimate of drug-likeness (QED) is 0.768. The van der Waals surface area contributed by atoms with Gasteiger partial charge in [0.25, 0.3) is 0 Å². The first-order chi connectivity index (χ1) is 12.2. The van der Waals surface area contributed by atoms with Crippen LogP contribution in [0.15, 0.2) is 54.6 Å². The molecule has 2 aromatic carbocycles. The predicted molar refractivity (Wildman–Crippen MR) is 101 cm³/mol. The van der Waals surface area contributed by atoms with Gasteiger partial charge in [-0.05, 0) is 43.5 Å². The number of Topliss-reactive ketones (excluding diaryl/α,β-unsaturated/α-hetero) is 1. The topological polar surface area (TPSA) is 49.4 Å². The van der Waals surface area contributed by atoms with Gasteiger partial charge in [-0.3, -0.25) is 9.59 Å². The monoisotopic (exact) mass is 336 g/mol. The molecule has 1 fully saturated rings. The Morgan fingerprint density at radius 3 is 2.24 bits per heavy atom. The third-order valence-electron chi connectivity index (χ3n) is 4.53. The van der Waals surface area contributed by atoms with Crippen LogP contribution in [0.2, 0.25) is 0 Å². The molecule has 130 valence electrons. The zero-order valence-electron chi connectivity index (χ0n) is 14.4. The second-order valence-electron chi connectivity index (χ2n) is 6.43. The first-order valence-corrected chi connectivity index (χ1v) is 8.95. The molecule has 0 aromatic heterocycles. The lowest BCUT2D eigenvalue weighted by molar-refractivity contribution is -0.116. The minimum Gasteiger partial charge on any atom is -0.372 e. The molecule has 0 aliphatic carbocycles. The van der Waals surface area contributed by atoms with Crippen molar-refractivity contribution in [3.8, 4) is 0 Å². The van der Waals surface area contributed by atoms with Crippen molar-refractivity contribution in [2.24, 2.45) is 0 Å². The van der Waals surface area contributed by atoms with E-state index in [9.17, 15) is 9.59 Å². The number of carbonyl (C=O) groups is 2. The Labute approximate surface area is 148 Å². The second-order valence-corrected chi connectivity index (χ2v) is 6.43. The van der Waals surface area contributed by atoms with Gasteiger partial charge >= 0.3 is 0 Å². The summed E-state index contributed by atoms with van der Waals surface area (Å²) >= 11 is 0.